The maximum atomic E-state index is 12.6. The second kappa shape index (κ2) is 8.01. The SMILES string of the molecule is O=C(CCCc1cn[nH]c1)N1CCN2[C@@H](COC[C@@H]2c2ccccc2)C1. The van der Waals surface area contributed by atoms with Crippen LogP contribution in [-0.2, 0) is 16.0 Å². The molecule has 3 heterocycles. The van der Waals surface area contributed by atoms with Gasteiger partial charge in [0, 0.05) is 32.3 Å². The Kier molecular flexibility index (Phi) is 5.32. The number of nitrogens with zero attached hydrogens (tertiary/aromatic N) is 3. The molecule has 26 heavy (non-hydrogen) atoms. The Balaban J connectivity index is 1.32. The molecule has 0 aliphatic carbocycles. The first kappa shape index (κ1) is 17.2. The zero-order valence-electron chi connectivity index (χ0n) is 15.0. The minimum Gasteiger partial charge on any atom is -0.378 e. The van der Waals surface area contributed by atoms with Gasteiger partial charge in [0.1, 0.15) is 0 Å². The predicted molar refractivity (Wildman–Crippen MR) is 98.6 cm³/mol. The van der Waals surface area contributed by atoms with Gasteiger partial charge in [0.2, 0.25) is 5.91 Å². The Hall–Kier alpha value is -2.18. The van der Waals surface area contributed by atoms with Crippen LogP contribution in [0.2, 0.25) is 0 Å². The average molecular weight is 354 g/mol. The van der Waals surface area contributed by atoms with E-state index < -0.39 is 0 Å². The number of amides is 1. The molecular formula is C20H26N4O2. The summed E-state index contributed by atoms with van der Waals surface area (Å²) in [6.07, 6.45) is 6.08. The van der Waals surface area contributed by atoms with Gasteiger partial charge in [0.15, 0.2) is 0 Å². The van der Waals surface area contributed by atoms with Gasteiger partial charge in [0.05, 0.1) is 31.5 Å². The molecule has 6 heteroatoms. The molecular weight excluding hydrogens is 328 g/mol. The first-order valence-corrected chi connectivity index (χ1v) is 9.45. The summed E-state index contributed by atoms with van der Waals surface area (Å²) in [6, 6.07) is 11.1. The molecule has 4 rings (SSSR count). The molecule has 2 aliphatic rings. The van der Waals surface area contributed by atoms with E-state index in [0.29, 0.717) is 25.1 Å². The molecule has 2 aliphatic heterocycles. The molecule has 0 radical (unpaired) electrons. The number of fused-ring (bicyclic) bond motifs is 1. The Morgan fingerprint density at radius 3 is 2.92 bits per heavy atom. The molecule has 0 bridgehead atoms. The second-order valence-corrected chi connectivity index (χ2v) is 7.16. The summed E-state index contributed by atoms with van der Waals surface area (Å²) in [5.41, 5.74) is 2.46. The van der Waals surface area contributed by atoms with Gasteiger partial charge < -0.3 is 9.64 Å². The van der Waals surface area contributed by atoms with Gasteiger partial charge in [-0.2, -0.15) is 5.10 Å². The number of aromatic nitrogens is 2. The number of aryl methyl sites for hydroxylation is 1. The van der Waals surface area contributed by atoms with Crippen molar-refractivity contribution >= 4 is 5.91 Å². The van der Waals surface area contributed by atoms with Crippen molar-refractivity contribution in [3.63, 3.8) is 0 Å². The number of aromatic amines is 1. The van der Waals surface area contributed by atoms with E-state index >= 15 is 0 Å². The lowest BCUT2D eigenvalue weighted by Gasteiger charge is -2.48. The van der Waals surface area contributed by atoms with Gasteiger partial charge in [-0.1, -0.05) is 30.3 Å². The number of hydrogen-bond acceptors (Lipinski definition) is 4. The number of carbonyl (C=O) groups is 1. The number of morpholine rings is 1. The molecule has 1 aromatic heterocycles. The minimum atomic E-state index is 0.259. The van der Waals surface area contributed by atoms with E-state index in [1.54, 1.807) is 0 Å². The largest absolute Gasteiger partial charge is 0.378 e. The van der Waals surface area contributed by atoms with E-state index in [1.807, 2.05) is 23.4 Å². The van der Waals surface area contributed by atoms with Crippen LogP contribution < -0.4 is 0 Å². The number of rotatable bonds is 5. The first-order chi connectivity index (χ1) is 12.8. The van der Waals surface area contributed by atoms with Crippen molar-refractivity contribution in [3.05, 3.63) is 53.9 Å². The summed E-state index contributed by atoms with van der Waals surface area (Å²) in [5, 5.41) is 6.76. The Labute approximate surface area is 154 Å². The smallest absolute Gasteiger partial charge is 0.222 e. The lowest BCUT2D eigenvalue weighted by atomic mass is 10.00. The number of ether oxygens (including phenoxy) is 1. The fraction of sp³-hybridized carbons (Fsp3) is 0.500. The standard InChI is InChI=1S/C20H26N4O2/c25-20(8-4-5-16-11-21-22-12-16)23-9-10-24-18(13-23)14-26-15-19(24)17-6-2-1-3-7-17/h1-3,6-7,11-12,18-19H,4-5,8-10,13-15H2,(H,21,22)/t18-,19-/m1/s1. The fourth-order valence-electron chi connectivity index (χ4n) is 4.05. The van der Waals surface area contributed by atoms with Crippen molar-refractivity contribution in [2.45, 2.75) is 31.3 Å². The summed E-state index contributed by atoms with van der Waals surface area (Å²) < 4.78 is 5.87. The topological polar surface area (TPSA) is 61.5 Å². The monoisotopic (exact) mass is 354 g/mol. The van der Waals surface area contributed by atoms with Crippen LogP contribution in [0.15, 0.2) is 42.7 Å². The van der Waals surface area contributed by atoms with Crippen LogP contribution in [0.25, 0.3) is 0 Å². The van der Waals surface area contributed by atoms with Crippen molar-refractivity contribution in [1.82, 2.24) is 20.0 Å². The molecule has 1 aromatic carbocycles. The highest BCUT2D eigenvalue weighted by atomic mass is 16.5. The molecule has 0 spiro atoms. The van der Waals surface area contributed by atoms with Crippen LogP contribution in [-0.4, -0.2) is 64.8 Å². The molecule has 1 amide bonds. The van der Waals surface area contributed by atoms with Gasteiger partial charge in [-0.15, -0.1) is 0 Å². The van der Waals surface area contributed by atoms with E-state index in [1.165, 1.54) is 5.56 Å². The van der Waals surface area contributed by atoms with E-state index in [2.05, 4.69) is 39.4 Å². The number of hydrogen-bond donors (Lipinski definition) is 1. The molecule has 2 fully saturated rings. The van der Waals surface area contributed by atoms with E-state index in [4.69, 9.17) is 4.74 Å². The van der Waals surface area contributed by atoms with Gasteiger partial charge in [-0.3, -0.25) is 14.8 Å². The van der Waals surface area contributed by atoms with E-state index in [-0.39, 0.29) is 5.91 Å². The summed E-state index contributed by atoms with van der Waals surface area (Å²) in [7, 11) is 0. The van der Waals surface area contributed by atoms with Crippen LogP contribution in [0, 0.1) is 0 Å². The van der Waals surface area contributed by atoms with Gasteiger partial charge in [-0.05, 0) is 24.0 Å². The molecule has 2 saturated heterocycles. The molecule has 2 aromatic rings. The molecule has 1 N–H and O–H groups in total. The lowest BCUT2D eigenvalue weighted by Crippen LogP contribution is -2.60. The van der Waals surface area contributed by atoms with Gasteiger partial charge >= 0.3 is 0 Å². The van der Waals surface area contributed by atoms with Gasteiger partial charge in [-0.25, -0.2) is 0 Å². The van der Waals surface area contributed by atoms with Crippen LogP contribution >= 0.6 is 0 Å². The van der Waals surface area contributed by atoms with Crippen molar-refractivity contribution < 1.29 is 9.53 Å². The third kappa shape index (κ3) is 3.81. The quantitative estimate of drug-likeness (QED) is 0.892. The number of H-pyrrole nitrogens is 1. The molecule has 138 valence electrons. The maximum Gasteiger partial charge on any atom is 0.222 e. The van der Waals surface area contributed by atoms with Crippen LogP contribution in [0.4, 0.5) is 0 Å². The zero-order valence-corrected chi connectivity index (χ0v) is 15.0. The normalized spacial score (nSPS) is 23.6. The third-order valence-corrected chi connectivity index (χ3v) is 5.46. The summed E-state index contributed by atoms with van der Waals surface area (Å²) >= 11 is 0. The number of carbonyl (C=O) groups excluding carboxylic acids is 1. The van der Waals surface area contributed by atoms with E-state index in [0.717, 1.165) is 44.6 Å². The molecule has 2 atom stereocenters. The number of piperazine rings is 1. The Bertz CT molecular complexity index is 704. The van der Waals surface area contributed by atoms with Crippen LogP contribution in [0.1, 0.15) is 30.0 Å². The average Bonchev–Trinajstić information content (AvgIpc) is 3.21. The molecule has 0 saturated carbocycles. The fourth-order valence-corrected chi connectivity index (χ4v) is 4.05. The second-order valence-electron chi connectivity index (χ2n) is 7.16. The maximum absolute atomic E-state index is 12.6. The highest BCUT2D eigenvalue weighted by Gasteiger charge is 2.37. The highest BCUT2D eigenvalue weighted by Crippen LogP contribution is 2.29. The number of benzene rings is 1. The summed E-state index contributed by atoms with van der Waals surface area (Å²) in [5.74, 6) is 0.259. The first-order valence-electron chi connectivity index (χ1n) is 9.45. The van der Waals surface area contributed by atoms with Crippen molar-refractivity contribution in [3.8, 4) is 0 Å². The summed E-state index contributed by atoms with van der Waals surface area (Å²) in [4.78, 5) is 17.1. The highest BCUT2D eigenvalue weighted by molar-refractivity contribution is 5.76. The van der Waals surface area contributed by atoms with E-state index in [9.17, 15) is 4.79 Å². The Morgan fingerprint density at radius 1 is 1.23 bits per heavy atom. The lowest BCUT2D eigenvalue weighted by molar-refractivity contribution is -0.140. The Morgan fingerprint density at radius 2 is 2.12 bits per heavy atom. The summed E-state index contributed by atoms with van der Waals surface area (Å²) in [6.45, 7) is 3.95. The van der Waals surface area contributed by atoms with Crippen LogP contribution in [0.5, 0.6) is 0 Å². The van der Waals surface area contributed by atoms with Crippen LogP contribution in [0.3, 0.4) is 0 Å². The zero-order chi connectivity index (χ0) is 17.8. The van der Waals surface area contributed by atoms with Gasteiger partial charge in [0.25, 0.3) is 0 Å². The van der Waals surface area contributed by atoms with Crippen molar-refractivity contribution in [2.75, 3.05) is 32.8 Å². The van der Waals surface area contributed by atoms with Crippen molar-refractivity contribution in [1.29, 1.82) is 0 Å². The number of nitrogens with one attached hydrogen (secondary N) is 1. The van der Waals surface area contributed by atoms with Crippen molar-refractivity contribution in [2.24, 2.45) is 0 Å². The molecule has 6 nitrogen and oxygen atoms in total. The minimum absolute atomic E-state index is 0.259. The third-order valence-electron chi connectivity index (χ3n) is 5.46. The molecule has 0 unspecified atom stereocenters. The predicted octanol–water partition coefficient (Wildman–Crippen LogP) is 2.02.